The van der Waals surface area contributed by atoms with Crippen molar-refractivity contribution in [2.75, 3.05) is 0 Å². The van der Waals surface area contributed by atoms with E-state index in [1.54, 1.807) is 0 Å². The number of benzene rings is 1. The fourth-order valence-corrected chi connectivity index (χ4v) is 1.14. The van der Waals surface area contributed by atoms with Crippen LogP contribution in [-0.4, -0.2) is 16.9 Å². The first kappa shape index (κ1) is 9.85. The fraction of sp³-hybridized carbons (Fsp3) is 0. The van der Waals surface area contributed by atoms with Crippen LogP contribution in [0.1, 0.15) is 10.4 Å². The van der Waals surface area contributed by atoms with Crippen molar-refractivity contribution >= 4 is 27.7 Å². The Morgan fingerprint density at radius 1 is 1.38 bits per heavy atom. The zero-order valence-electron chi connectivity index (χ0n) is 6.25. The molecule has 0 saturated heterocycles. The van der Waals surface area contributed by atoms with Gasteiger partial charge in [0.15, 0.2) is 0 Å². The SMILES string of the molecule is O=C(O)C(=O)c1ccc(F)c(Br)c1. The van der Waals surface area contributed by atoms with Crippen molar-refractivity contribution in [1.29, 1.82) is 0 Å². The molecule has 0 aliphatic rings. The average molecular weight is 247 g/mol. The van der Waals surface area contributed by atoms with Gasteiger partial charge in [-0.05, 0) is 34.1 Å². The molecule has 13 heavy (non-hydrogen) atoms. The maximum atomic E-state index is 12.7. The molecule has 0 aliphatic carbocycles. The molecule has 5 heteroatoms. The molecule has 0 aromatic heterocycles. The number of carbonyl (C=O) groups is 2. The van der Waals surface area contributed by atoms with Gasteiger partial charge in [-0.3, -0.25) is 4.79 Å². The van der Waals surface area contributed by atoms with Crippen LogP contribution in [0.4, 0.5) is 4.39 Å². The third-order valence-corrected chi connectivity index (χ3v) is 1.98. The molecule has 1 N–H and O–H groups in total. The zero-order chi connectivity index (χ0) is 10.0. The highest BCUT2D eigenvalue weighted by Gasteiger charge is 2.15. The molecule has 0 bridgehead atoms. The third kappa shape index (κ3) is 2.12. The van der Waals surface area contributed by atoms with E-state index in [0.717, 1.165) is 18.2 Å². The van der Waals surface area contributed by atoms with Gasteiger partial charge in [-0.15, -0.1) is 0 Å². The molecule has 3 nitrogen and oxygen atoms in total. The number of ketones is 1. The Labute approximate surface area is 81.3 Å². The van der Waals surface area contributed by atoms with Gasteiger partial charge in [0, 0.05) is 5.56 Å². The molecule has 0 fully saturated rings. The minimum absolute atomic E-state index is 0.0548. The first-order valence-electron chi connectivity index (χ1n) is 3.25. The summed E-state index contributed by atoms with van der Waals surface area (Å²) in [6.45, 7) is 0. The lowest BCUT2D eigenvalue weighted by Crippen LogP contribution is -2.12. The number of rotatable bonds is 2. The van der Waals surface area contributed by atoms with Crippen molar-refractivity contribution in [3.63, 3.8) is 0 Å². The van der Waals surface area contributed by atoms with Gasteiger partial charge in [0.1, 0.15) is 5.82 Å². The van der Waals surface area contributed by atoms with Crippen molar-refractivity contribution in [2.24, 2.45) is 0 Å². The van der Waals surface area contributed by atoms with E-state index in [9.17, 15) is 14.0 Å². The number of hydrogen-bond acceptors (Lipinski definition) is 2. The summed E-state index contributed by atoms with van der Waals surface area (Å²) in [5.74, 6) is -3.15. The Morgan fingerprint density at radius 3 is 2.46 bits per heavy atom. The maximum absolute atomic E-state index is 12.7. The summed E-state index contributed by atoms with van der Waals surface area (Å²) in [5.41, 5.74) is -0.0548. The van der Waals surface area contributed by atoms with E-state index in [-0.39, 0.29) is 10.0 Å². The van der Waals surface area contributed by atoms with Crippen LogP contribution < -0.4 is 0 Å². The molecule has 0 aliphatic heterocycles. The summed E-state index contributed by atoms with van der Waals surface area (Å²) in [6.07, 6.45) is 0. The Kier molecular flexibility index (Phi) is 2.77. The molecular weight excluding hydrogens is 243 g/mol. The van der Waals surface area contributed by atoms with Gasteiger partial charge in [0.25, 0.3) is 5.78 Å². The highest BCUT2D eigenvalue weighted by molar-refractivity contribution is 9.10. The van der Waals surface area contributed by atoms with Gasteiger partial charge in [-0.2, -0.15) is 0 Å². The number of Topliss-reactive ketones (excluding diaryl/α,β-unsaturated/α-hetero) is 1. The van der Waals surface area contributed by atoms with Crippen molar-refractivity contribution in [3.8, 4) is 0 Å². The number of carboxylic acids is 1. The Balaban J connectivity index is 3.11. The van der Waals surface area contributed by atoms with Crippen LogP contribution in [0.2, 0.25) is 0 Å². The van der Waals surface area contributed by atoms with E-state index in [2.05, 4.69) is 15.9 Å². The predicted molar refractivity (Wildman–Crippen MR) is 46.1 cm³/mol. The van der Waals surface area contributed by atoms with Crippen molar-refractivity contribution in [2.45, 2.75) is 0 Å². The molecule has 0 heterocycles. The van der Waals surface area contributed by atoms with Crippen LogP contribution in [0.25, 0.3) is 0 Å². The number of carboxylic acid groups (broad SMARTS) is 1. The van der Waals surface area contributed by atoms with Crippen LogP contribution in [0, 0.1) is 5.82 Å². The first-order chi connectivity index (χ1) is 6.02. The Bertz CT molecular complexity index is 376. The molecule has 0 saturated carbocycles. The van der Waals surface area contributed by atoms with Crippen LogP contribution in [-0.2, 0) is 4.79 Å². The normalized spacial score (nSPS) is 9.69. The van der Waals surface area contributed by atoms with Gasteiger partial charge >= 0.3 is 5.97 Å². The van der Waals surface area contributed by atoms with Crippen LogP contribution in [0.15, 0.2) is 22.7 Å². The average Bonchev–Trinajstić information content (AvgIpc) is 2.08. The Morgan fingerprint density at radius 2 is 2.00 bits per heavy atom. The summed E-state index contributed by atoms with van der Waals surface area (Å²) < 4.78 is 12.7. The van der Waals surface area contributed by atoms with E-state index < -0.39 is 17.6 Å². The standard InChI is InChI=1S/C8H4BrFO3/c9-5-3-4(1-2-6(5)10)7(11)8(12)13/h1-3H,(H,12,13). The number of hydrogen-bond donors (Lipinski definition) is 1. The van der Waals surface area contributed by atoms with Gasteiger partial charge in [0.05, 0.1) is 4.47 Å². The predicted octanol–water partition coefficient (Wildman–Crippen LogP) is 1.86. The summed E-state index contributed by atoms with van der Waals surface area (Å²) in [6, 6.07) is 3.28. The Hall–Kier alpha value is -1.23. The minimum Gasteiger partial charge on any atom is -0.475 e. The second-order valence-corrected chi connectivity index (χ2v) is 3.12. The first-order valence-corrected chi connectivity index (χ1v) is 4.04. The lowest BCUT2D eigenvalue weighted by atomic mass is 10.1. The topological polar surface area (TPSA) is 54.4 Å². The van der Waals surface area contributed by atoms with Crippen molar-refractivity contribution in [1.82, 2.24) is 0 Å². The van der Waals surface area contributed by atoms with Gasteiger partial charge in [-0.1, -0.05) is 0 Å². The van der Waals surface area contributed by atoms with E-state index in [0.29, 0.717) is 0 Å². The minimum atomic E-state index is -1.56. The smallest absolute Gasteiger partial charge is 0.377 e. The number of aliphatic carboxylic acids is 1. The van der Waals surface area contributed by atoms with Crippen molar-refractivity contribution < 1.29 is 19.1 Å². The molecule has 1 aromatic rings. The highest BCUT2D eigenvalue weighted by atomic mass is 79.9. The molecule has 0 radical (unpaired) electrons. The zero-order valence-corrected chi connectivity index (χ0v) is 7.84. The van der Waals surface area contributed by atoms with E-state index in [1.807, 2.05) is 0 Å². The fourth-order valence-electron chi connectivity index (χ4n) is 0.761. The lowest BCUT2D eigenvalue weighted by Gasteiger charge is -1.97. The molecule has 68 valence electrons. The summed E-state index contributed by atoms with van der Waals surface area (Å²) in [7, 11) is 0. The van der Waals surface area contributed by atoms with Crippen LogP contribution in [0.3, 0.4) is 0 Å². The van der Waals surface area contributed by atoms with Crippen LogP contribution >= 0.6 is 15.9 Å². The molecule has 0 spiro atoms. The maximum Gasteiger partial charge on any atom is 0.377 e. The van der Waals surface area contributed by atoms with Crippen LogP contribution in [0.5, 0.6) is 0 Å². The third-order valence-electron chi connectivity index (χ3n) is 1.38. The summed E-state index contributed by atoms with van der Waals surface area (Å²) >= 11 is 2.84. The molecule has 1 rings (SSSR count). The molecule has 0 unspecified atom stereocenters. The molecule has 0 amide bonds. The van der Waals surface area contributed by atoms with E-state index in [4.69, 9.17) is 5.11 Å². The second kappa shape index (κ2) is 3.66. The monoisotopic (exact) mass is 246 g/mol. The van der Waals surface area contributed by atoms with Crippen molar-refractivity contribution in [3.05, 3.63) is 34.1 Å². The molecule has 1 aromatic carbocycles. The van der Waals surface area contributed by atoms with E-state index in [1.165, 1.54) is 0 Å². The quantitative estimate of drug-likeness (QED) is 0.640. The van der Waals surface area contributed by atoms with Gasteiger partial charge in [-0.25, -0.2) is 9.18 Å². The summed E-state index contributed by atoms with van der Waals surface area (Å²) in [5, 5.41) is 8.34. The van der Waals surface area contributed by atoms with E-state index >= 15 is 0 Å². The lowest BCUT2D eigenvalue weighted by molar-refractivity contribution is -0.131. The number of carbonyl (C=O) groups excluding carboxylic acids is 1. The molecular formula is C8H4BrFO3. The van der Waals surface area contributed by atoms with Gasteiger partial charge < -0.3 is 5.11 Å². The summed E-state index contributed by atoms with van der Waals surface area (Å²) in [4.78, 5) is 21.1. The largest absolute Gasteiger partial charge is 0.475 e. The second-order valence-electron chi connectivity index (χ2n) is 2.26. The number of halogens is 2. The van der Waals surface area contributed by atoms with Gasteiger partial charge in [0.2, 0.25) is 0 Å². The highest BCUT2D eigenvalue weighted by Crippen LogP contribution is 2.17. The molecule has 0 atom stereocenters.